The Morgan fingerprint density at radius 3 is 2.58 bits per heavy atom. The lowest BCUT2D eigenvalue weighted by Gasteiger charge is -2.26. The quantitative estimate of drug-likeness (QED) is 0.789. The Morgan fingerprint density at radius 1 is 1.32 bits per heavy atom. The van der Waals surface area contributed by atoms with E-state index < -0.39 is 0 Å². The molecule has 5 heteroatoms. The first-order valence-corrected chi connectivity index (χ1v) is 6.38. The Hall–Kier alpha value is -2.17. The third kappa shape index (κ3) is 2.01. The van der Waals surface area contributed by atoms with Crippen LogP contribution >= 0.6 is 0 Å². The van der Waals surface area contributed by atoms with Crippen LogP contribution in [0.15, 0.2) is 24.3 Å². The molecule has 0 radical (unpaired) electrons. The number of methoxy groups -OCH3 is 1. The van der Waals surface area contributed by atoms with E-state index in [1.165, 1.54) is 6.42 Å². The van der Waals surface area contributed by atoms with Gasteiger partial charge in [-0.05, 0) is 37.1 Å². The molecule has 98 valence electrons. The Kier molecular flexibility index (Phi) is 3.03. The zero-order valence-electron chi connectivity index (χ0n) is 10.7. The third-order valence-corrected chi connectivity index (χ3v) is 3.65. The highest BCUT2D eigenvalue weighted by Crippen LogP contribution is 2.38. The second-order valence-corrected chi connectivity index (χ2v) is 4.72. The van der Waals surface area contributed by atoms with E-state index in [2.05, 4.69) is 10.3 Å². The van der Waals surface area contributed by atoms with E-state index in [0.29, 0.717) is 11.6 Å². The second kappa shape index (κ2) is 4.84. The van der Waals surface area contributed by atoms with Gasteiger partial charge in [0.15, 0.2) is 6.29 Å². The molecule has 19 heavy (non-hydrogen) atoms. The van der Waals surface area contributed by atoms with Gasteiger partial charge in [-0.15, -0.1) is 5.10 Å². The molecule has 0 aliphatic heterocycles. The molecule has 0 unspecified atom stereocenters. The monoisotopic (exact) mass is 257 g/mol. The third-order valence-electron chi connectivity index (χ3n) is 3.65. The van der Waals surface area contributed by atoms with Gasteiger partial charge in [-0.25, -0.2) is 4.68 Å². The smallest absolute Gasteiger partial charge is 0.172 e. The number of hydrogen-bond donors (Lipinski definition) is 0. The summed E-state index contributed by atoms with van der Waals surface area (Å²) in [6, 6.07) is 7.60. The first kappa shape index (κ1) is 11.9. The molecule has 1 aliphatic carbocycles. The summed E-state index contributed by atoms with van der Waals surface area (Å²) in [5.74, 6) is 1.20. The van der Waals surface area contributed by atoms with Crippen molar-refractivity contribution in [2.45, 2.75) is 25.2 Å². The molecule has 1 heterocycles. The minimum atomic E-state index is 0.400. The van der Waals surface area contributed by atoms with Gasteiger partial charge >= 0.3 is 0 Å². The van der Waals surface area contributed by atoms with Crippen molar-refractivity contribution in [3.63, 3.8) is 0 Å². The van der Waals surface area contributed by atoms with Crippen LogP contribution < -0.4 is 4.74 Å². The van der Waals surface area contributed by atoms with Crippen LogP contribution in [0.1, 0.15) is 41.4 Å². The molecule has 1 aromatic carbocycles. The number of benzene rings is 1. The lowest BCUT2D eigenvalue weighted by Crippen LogP contribution is -2.15. The standard InChI is InChI=1S/C14H15N3O2/c1-19-12-7-5-11(6-8-12)17-14(10-3-2-4-10)13(9-18)15-16-17/h5-10H,2-4H2,1H3. The average Bonchev–Trinajstić information content (AvgIpc) is 2.80. The van der Waals surface area contributed by atoms with Crippen molar-refractivity contribution in [1.29, 1.82) is 0 Å². The number of aldehydes is 1. The number of rotatable bonds is 4. The highest BCUT2D eigenvalue weighted by atomic mass is 16.5. The fourth-order valence-corrected chi connectivity index (χ4v) is 2.36. The summed E-state index contributed by atoms with van der Waals surface area (Å²) < 4.78 is 6.91. The number of ether oxygens (including phenoxy) is 1. The molecular formula is C14H15N3O2. The van der Waals surface area contributed by atoms with Crippen molar-refractivity contribution in [2.24, 2.45) is 0 Å². The molecule has 1 aliphatic rings. The molecule has 0 atom stereocenters. The summed E-state index contributed by atoms with van der Waals surface area (Å²) in [5.41, 5.74) is 2.30. The summed E-state index contributed by atoms with van der Waals surface area (Å²) >= 11 is 0. The zero-order valence-corrected chi connectivity index (χ0v) is 10.7. The van der Waals surface area contributed by atoms with Crippen molar-refractivity contribution in [1.82, 2.24) is 15.0 Å². The van der Waals surface area contributed by atoms with Crippen molar-refractivity contribution >= 4 is 6.29 Å². The number of nitrogens with zero attached hydrogens (tertiary/aromatic N) is 3. The van der Waals surface area contributed by atoms with Crippen molar-refractivity contribution in [3.8, 4) is 11.4 Å². The number of carbonyl (C=O) groups excluding carboxylic acids is 1. The van der Waals surface area contributed by atoms with Crippen LogP contribution in [0.2, 0.25) is 0 Å². The van der Waals surface area contributed by atoms with Crippen molar-refractivity contribution in [3.05, 3.63) is 35.7 Å². The van der Waals surface area contributed by atoms with Crippen LogP contribution in [0.5, 0.6) is 5.75 Å². The molecule has 0 saturated heterocycles. The van der Waals surface area contributed by atoms with Gasteiger partial charge < -0.3 is 4.74 Å². The van der Waals surface area contributed by atoms with Gasteiger partial charge in [-0.2, -0.15) is 0 Å². The Balaban J connectivity index is 2.03. The first-order valence-electron chi connectivity index (χ1n) is 6.38. The SMILES string of the molecule is COc1ccc(-n2nnc(C=O)c2C2CCC2)cc1. The van der Waals surface area contributed by atoms with Crippen molar-refractivity contribution in [2.75, 3.05) is 7.11 Å². The second-order valence-electron chi connectivity index (χ2n) is 4.72. The largest absolute Gasteiger partial charge is 0.497 e. The van der Waals surface area contributed by atoms with E-state index in [-0.39, 0.29) is 0 Å². The first-order chi connectivity index (χ1) is 9.33. The molecule has 0 amide bonds. The molecule has 0 bridgehead atoms. The Bertz CT molecular complexity index is 585. The fraction of sp³-hybridized carbons (Fsp3) is 0.357. The number of aromatic nitrogens is 3. The van der Waals surface area contributed by atoms with Crippen LogP contribution in [-0.4, -0.2) is 28.4 Å². The van der Waals surface area contributed by atoms with Crippen molar-refractivity contribution < 1.29 is 9.53 Å². The molecule has 1 aromatic heterocycles. The highest BCUT2D eigenvalue weighted by Gasteiger charge is 2.28. The van der Waals surface area contributed by atoms with Crippen LogP contribution in [0.4, 0.5) is 0 Å². The van der Waals surface area contributed by atoms with Gasteiger partial charge in [0, 0.05) is 5.92 Å². The van der Waals surface area contributed by atoms with Gasteiger partial charge in [0.25, 0.3) is 0 Å². The summed E-state index contributed by atoms with van der Waals surface area (Å²) in [6.45, 7) is 0. The van der Waals surface area contributed by atoms with E-state index >= 15 is 0 Å². The molecule has 2 aromatic rings. The zero-order chi connectivity index (χ0) is 13.2. The van der Waals surface area contributed by atoms with Crippen LogP contribution in [0.3, 0.4) is 0 Å². The van der Waals surface area contributed by atoms with E-state index in [9.17, 15) is 4.79 Å². The van der Waals surface area contributed by atoms with Crippen LogP contribution in [0.25, 0.3) is 5.69 Å². The summed E-state index contributed by atoms with van der Waals surface area (Å²) in [7, 11) is 1.63. The van der Waals surface area contributed by atoms with Gasteiger partial charge in [0.05, 0.1) is 18.5 Å². The molecule has 1 fully saturated rings. The number of hydrogen-bond acceptors (Lipinski definition) is 4. The van der Waals surface area contributed by atoms with Gasteiger partial charge in [-0.1, -0.05) is 11.6 Å². The summed E-state index contributed by atoms with van der Waals surface area (Å²) in [4.78, 5) is 11.1. The highest BCUT2D eigenvalue weighted by molar-refractivity contribution is 5.74. The molecule has 5 nitrogen and oxygen atoms in total. The van der Waals surface area contributed by atoms with Crippen LogP contribution in [-0.2, 0) is 0 Å². The van der Waals surface area contributed by atoms with Gasteiger partial charge in [0.1, 0.15) is 11.4 Å². The molecule has 0 N–H and O–H groups in total. The molecular weight excluding hydrogens is 242 g/mol. The van der Waals surface area contributed by atoms with E-state index in [1.807, 2.05) is 24.3 Å². The normalized spacial score (nSPS) is 15.0. The Morgan fingerprint density at radius 2 is 2.05 bits per heavy atom. The average molecular weight is 257 g/mol. The molecule has 0 spiro atoms. The van der Waals surface area contributed by atoms with Gasteiger partial charge in [-0.3, -0.25) is 4.79 Å². The molecule has 3 rings (SSSR count). The van der Waals surface area contributed by atoms with E-state index in [0.717, 1.165) is 36.3 Å². The predicted octanol–water partition coefficient (Wildman–Crippen LogP) is 2.36. The maximum atomic E-state index is 11.1. The maximum absolute atomic E-state index is 11.1. The maximum Gasteiger partial charge on any atom is 0.172 e. The minimum Gasteiger partial charge on any atom is -0.497 e. The molecule has 1 saturated carbocycles. The summed E-state index contributed by atoms with van der Waals surface area (Å²) in [5, 5.41) is 8.08. The lowest BCUT2D eigenvalue weighted by atomic mass is 9.82. The fourth-order valence-electron chi connectivity index (χ4n) is 2.36. The summed E-state index contributed by atoms with van der Waals surface area (Å²) in [6.07, 6.45) is 4.20. The topological polar surface area (TPSA) is 57.0 Å². The number of carbonyl (C=O) groups is 1. The van der Waals surface area contributed by atoms with Gasteiger partial charge in [0.2, 0.25) is 0 Å². The predicted molar refractivity (Wildman–Crippen MR) is 69.9 cm³/mol. The van der Waals surface area contributed by atoms with Crippen LogP contribution in [0, 0.1) is 0 Å². The van der Waals surface area contributed by atoms with E-state index in [1.54, 1.807) is 11.8 Å². The Labute approximate surface area is 111 Å². The van der Waals surface area contributed by atoms with E-state index in [4.69, 9.17) is 4.74 Å². The minimum absolute atomic E-state index is 0.400. The lowest BCUT2D eigenvalue weighted by molar-refractivity contribution is 0.111.